The maximum Gasteiger partial charge on any atom is 0.461 e. The van der Waals surface area contributed by atoms with Crippen molar-refractivity contribution in [3.8, 4) is 0 Å². The number of fused-ring (bicyclic) bond motifs is 1. The summed E-state index contributed by atoms with van der Waals surface area (Å²) in [5, 5.41) is 2.53. The van der Waals surface area contributed by atoms with Gasteiger partial charge in [-0.3, -0.25) is 0 Å². The van der Waals surface area contributed by atoms with Gasteiger partial charge in [-0.2, -0.15) is 0 Å². The van der Waals surface area contributed by atoms with Gasteiger partial charge in [0, 0.05) is 6.61 Å². The van der Waals surface area contributed by atoms with E-state index in [0.717, 1.165) is 19.4 Å². The second-order valence-electron chi connectivity index (χ2n) is 9.88. The molecule has 4 heteroatoms. The Morgan fingerprint density at radius 3 is 2.17 bits per heavy atom. The Kier molecular flexibility index (Phi) is 7.08. The van der Waals surface area contributed by atoms with Crippen LogP contribution in [0.4, 0.5) is 0 Å². The summed E-state index contributed by atoms with van der Waals surface area (Å²) < 4.78 is 18.7. The van der Waals surface area contributed by atoms with Crippen LogP contribution in [-0.4, -0.2) is 24.9 Å². The lowest BCUT2D eigenvalue weighted by Crippen LogP contribution is -2.41. The van der Waals surface area contributed by atoms with Crippen molar-refractivity contribution < 1.29 is 14.0 Å². The van der Waals surface area contributed by atoms with Gasteiger partial charge < -0.3 is 14.0 Å². The van der Waals surface area contributed by atoms with Crippen molar-refractivity contribution in [3.05, 3.63) is 48.0 Å². The topological polar surface area (TPSA) is 27.7 Å². The van der Waals surface area contributed by atoms with Crippen LogP contribution in [0.5, 0.6) is 0 Å². The molecule has 158 valence electrons. The van der Waals surface area contributed by atoms with Crippen LogP contribution < -0.4 is 0 Å². The highest BCUT2D eigenvalue weighted by Crippen LogP contribution is 2.42. The zero-order chi connectivity index (χ0) is 21.1. The molecule has 0 aromatic heterocycles. The number of ether oxygens (including phenoxy) is 1. The van der Waals surface area contributed by atoms with Crippen LogP contribution in [0.3, 0.4) is 0 Å². The highest BCUT2D eigenvalue weighted by atomic mass is 16.7. The van der Waals surface area contributed by atoms with Crippen molar-refractivity contribution in [1.82, 2.24) is 0 Å². The molecule has 0 N–H and O–H groups in total. The molecular formula is C25H37BO3. The van der Waals surface area contributed by atoms with Crippen LogP contribution in [-0.2, 0) is 20.7 Å². The van der Waals surface area contributed by atoms with Crippen LogP contribution in [0.1, 0.15) is 66.4 Å². The van der Waals surface area contributed by atoms with Gasteiger partial charge in [-0.25, -0.2) is 0 Å². The molecule has 0 amide bonds. The summed E-state index contributed by atoms with van der Waals surface area (Å²) in [6.45, 7) is 14.4. The zero-order valence-corrected chi connectivity index (χ0v) is 19.0. The minimum absolute atomic E-state index is 0.150. The average Bonchev–Trinajstić information content (AvgIpc) is 2.88. The summed E-state index contributed by atoms with van der Waals surface area (Å²) in [4.78, 5) is 0. The Morgan fingerprint density at radius 1 is 0.862 bits per heavy atom. The average molecular weight is 396 g/mol. The molecule has 1 aliphatic rings. The first-order chi connectivity index (χ1) is 13.7. The van der Waals surface area contributed by atoms with Crippen molar-refractivity contribution in [3.63, 3.8) is 0 Å². The van der Waals surface area contributed by atoms with Crippen LogP contribution in [0, 0.1) is 5.92 Å². The van der Waals surface area contributed by atoms with Crippen molar-refractivity contribution >= 4 is 17.9 Å². The molecule has 29 heavy (non-hydrogen) atoms. The van der Waals surface area contributed by atoms with Crippen molar-refractivity contribution in [2.24, 2.45) is 5.92 Å². The molecule has 0 bridgehead atoms. The number of rotatable bonds is 9. The van der Waals surface area contributed by atoms with Gasteiger partial charge in [0.15, 0.2) is 0 Å². The van der Waals surface area contributed by atoms with Gasteiger partial charge in [0.05, 0.1) is 17.8 Å². The van der Waals surface area contributed by atoms with Gasteiger partial charge >= 0.3 is 7.12 Å². The summed E-state index contributed by atoms with van der Waals surface area (Å²) in [5.74, 6) is 1.04. The fourth-order valence-electron chi connectivity index (χ4n) is 3.80. The van der Waals surface area contributed by atoms with Crippen LogP contribution in [0.25, 0.3) is 10.8 Å². The summed E-state index contributed by atoms with van der Waals surface area (Å²) in [6, 6.07) is 15.0. The molecule has 2 aromatic carbocycles. The molecule has 0 saturated carbocycles. The molecule has 1 heterocycles. The van der Waals surface area contributed by atoms with Gasteiger partial charge in [-0.1, -0.05) is 63.1 Å². The second-order valence-corrected chi connectivity index (χ2v) is 9.88. The summed E-state index contributed by atoms with van der Waals surface area (Å²) in [6.07, 6.45) is 3.24. The fourth-order valence-corrected chi connectivity index (χ4v) is 3.80. The maximum atomic E-state index is 6.34. The van der Waals surface area contributed by atoms with E-state index in [2.05, 4.69) is 84.0 Å². The molecule has 1 saturated heterocycles. The van der Waals surface area contributed by atoms with Crippen LogP contribution in [0.15, 0.2) is 42.5 Å². The normalized spacial score (nSPS) is 19.2. The van der Waals surface area contributed by atoms with Crippen LogP contribution >= 0.6 is 0 Å². The van der Waals surface area contributed by atoms with E-state index in [0.29, 0.717) is 18.3 Å². The van der Waals surface area contributed by atoms with E-state index in [9.17, 15) is 0 Å². The lowest BCUT2D eigenvalue weighted by molar-refractivity contribution is 0.00578. The second kappa shape index (κ2) is 9.20. The third kappa shape index (κ3) is 5.62. The van der Waals surface area contributed by atoms with E-state index in [1.165, 1.54) is 22.8 Å². The summed E-state index contributed by atoms with van der Waals surface area (Å²) >= 11 is 0. The Morgan fingerprint density at radius 2 is 1.52 bits per heavy atom. The highest BCUT2D eigenvalue weighted by Gasteiger charge is 2.53. The first-order valence-electron chi connectivity index (χ1n) is 11.1. The molecule has 0 aliphatic carbocycles. The molecule has 3 nitrogen and oxygen atoms in total. The largest absolute Gasteiger partial charge is 0.461 e. The zero-order valence-electron chi connectivity index (χ0n) is 19.0. The third-order valence-corrected chi connectivity index (χ3v) is 6.49. The Labute approximate surface area is 177 Å². The lowest BCUT2D eigenvalue weighted by Gasteiger charge is -2.32. The van der Waals surface area contributed by atoms with E-state index in [-0.39, 0.29) is 18.3 Å². The molecule has 3 rings (SSSR count). The smallest absolute Gasteiger partial charge is 0.403 e. The molecule has 1 aliphatic heterocycles. The lowest BCUT2D eigenvalue weighted by atomic mass is 9.67. The number of hydrogen-bond acceptors (Lipinski definition) is 3. The molecular weight excluding hydrogens is 359 g/mol. The molecule has 1 fully saturated rings. The van der Waals surface area contributed by atoms with Gasteiger partial charge in [0.1, 0.15) is 0 Å². The fraction of sp³-hybridized carbons (Fsp3) is 0.600. The predicted molar refractivity (Wildman–Crippen MR) is 122 cm³/mol. The highest BCUT2D eigenvalue weighted by molar-refractivity contribution is 6.47. The molecule has 1 unspecified atom stereocenters. The van der Waals surface area contributed by atoms with Gasteiger partial charge in [-0.05, 0) is 68.3 Å². The Hall–Kier alpha value is -1.36. The maximum absolute atomic E-state index is 6.34. The quantitative estimate of drug-likeness (QED) is 0.351. The molecule has 0 spiro atoms. The minimum atomic E-state index is -0.278. The van der Waals surface area contributed by atoms with E-state index in [4.69, 9.17) is 14.0 Å². The molecule has 2 aromatic rings. The monoisotopic (exact) mass is 396 g/mol. The van der Waals surface area contributed by atoms with E-state index < -0.39 is 0 Å². The van der Waals surface area contributed by atoms with E-state index in [1.807, 2.05) is 0 Å². The van der Waals surface area contributed by atoms with Gasteiger partial charge in [0.25, 0.3) is 0 Å². The Bertz CT molecular complexity index is 784. The first-order valence-corrected chi connectivity index (χ1v) is 11.1. The summed E-state index contributed by atoms with van der Waals surface area (Å²) in [7, 11) is -0.150. The van der Waals surface area contributed by atoms with Gasteiger partial charge in [0.2, 0.25) is 0 Å². The SMILES string of the molecule is CC(C)CCC(CCOCc1ccc2ccccc2c1)B1OC(C)(C)C(C)(C)O1. The minimum Gasteiger partial charge on any atom is -0.403 e. The molecule has 1 atom stereocenters. The molecule has 0 radical (unpaired) electrons. The standard InChI is InChI=1S/C25H37BO3/c1-19(2)11-14-23(26-28-24(3,4)25(5,6)29-26)15-16-27-18-20-12-13-21-9-7-8-10-22(21)17-20/h7-10,12-13,17,19,23H,11,14-16,18H2,1-6H3. The van der Waals surface area contributed by atoms with Crippen molar-refractivity contribution in [2.75, 3.05) is 6.61 Å². The third-order valence-electron chi connectivity index (χ3n) is 6.49. The number of hydrogen-bond donors (Lipinski definition) is 0. The summed E-state index contributed by atoms with van der Waals surface area (Å²) in [5.41, 5.74) is 0.664. The van der Waals surface area contributed by atoms with Crippen LogP contribution in [0.2, 0.25) is 5.82 Å². The van der Waals surface area contributed by atoms with E-state index >= 15 is 0 Å². The first kappa shape index (κ1) is 22.3. The number of benzene rings is 2. The Balaban J connectivity index is 1.55. The van der Waals surface area contributed by atoms with Crippen molar-refractivity contribution in [1.29, 1.82) is 0 Å². The van der Waals surface area contributed by atoms with Gasteiger partial charge in [-0.15, -0.1) is 0 Å². The predicted octanol–water partition coefficient (Wildman–Crippen LogP) is 6.65. The van der Waals surface area contributed by atoms with E-state index in [1.54, 1.807) is 0 Å². The van der Waals surface area contributed by atoms with Crippen molar-refractivity contribution in [2.45, 2.75) is 84.4 Å².